The van der Waals surface area contributed by atoms with E-state index in [1.165, 1.54) is 30.2 Å². The molecule has 2 N–H and O–H groups in total. The van der Waals surface area contributed by atoms with E-state index >= 15 is 0 Å². The van der Waals surface area contributed by atoms with E-state index < -0.39 is 26.6 Å². The van der Waals surface area contributed by atoms with Gasteiger partial charge in [-0.25, -0.2) is 17.2 Å². The Morgan fingerprint density at radius 3 is 2.40 bits per heavy atom. The fourth-order valence-electron chi connectivity index (χ4n) is 7.50. The zero-order chi connectivity index (χ0) is 32.5. The summed E-state index contributed by atoms with van der Waals surface area (Å²) in [7, 11) is -4.17. The number of aromatic nitrogens is 2. The lowest BCUT2D eigenvalue weighted by atomic mass is 9.98. The summed E-state index contributed by atoms with van der Waals surface area (Å²) in [6.45, 7) is 5.80. The van der Waals surface area contributed by atoms with Crippen LogP contribution in [0.1, 0.15) is 65.8 Å². The highest BCUT2D eigenvalue weighted by molar-refractivity contribution is 7.89. The summed E-state index contributed by atoms with van der Waals surface area (Å²) in [5.74, 6) is -2.04. The van der Waals surface area contributed by atoms with Gasteiger partial charge >= 0.3 is 0 Å². The summed E-state index contributed by atoms with van der Waals surface area (Å²) in [5.41, 5.74) is 4.32. The van der Waals surface area contributed by atoms with Crippen molar-refractivity contribution in [2.75, 3.05) is 56.2 Å². The molecule has 0 aliphatic carbocycles. The maximum Gasteiger partial charge on any atom is 0.243 e. The van der Waals surface area contributed by atoms with Gasteiger partial charge < -0.3 is 19.9 Å². The van der Waals surface area contributed by atoms with Crippen LogP contribution in [0.4, 0.5) is 20.2 Å². The summed E-state index contributed by atoms with van der Waals surface area (Å²) >= 11 is 0. The van der Waals surface area contributed by atoms with E-state index in [1.54, 1.807) is 0 Å². The summed E-state index contributed by atoms with van der Waals surface area (Å²) in [5, 5.41) is 11.1. The number of nitrogens with zero attached hydrogens (tertiary/aromatic N) is 4. The summed E-state index contributed by atoms with van der Waals surface area (Å²) in [6, 6.07) is 9.16. The van der Waals surface area contributed by atoms with Gasteiger partial charge in [0.25, 0.3) is 0 Å². The lowest BCUT2D eigenvalue weighted by Gasteiger charge is -2.38. The van der Waals surface area contributed by atoms with Crippen molar-refractivity contribution in [2.24, 2.45) is 0 Å². The zero-order valence-electron chi connectivity index (χ0n) is 26.5. The molecule has 13 heteroatoms. The quantitative estimate of drug-likeness (QED) is 0.321. The van der Waals surface area contributed by atoms with Crippen molar-refractivity contribution in [3.05, 3.63) is 70.5 Å². The minimum absolute atomic E-state index is 0.0165. The molecular formula is C34H42F2N6O4S. The highest BCUT2D eigenvalue weighted by atomic mass is 32.2. The predicted molar refractivity (Wildman–Crippen MR) is 174 cm³/mol. The van der Waals surface area contributed by atoms with Crippen molar-refractivity contribution in [3.8, 4) is 0 Å². The van der Waals surface area contributed by atoms with E-state index in [2.05, 4.69) is 31.4 Å². The number of likely N-dealkylation sites (tertiary alicyclic amines) is 1. The van der Waals surface area contributed by atoms with Gasteiger partial charge in [-0.05, 0) is 81.9 Å². The normalized spacial score (nSPS) is 20.4. The zero-order valence-corrected chi connectivity index (χ0v) is 27.3. The van der Waals surface area contributed by atoms with Crippen molar-refractivity contribution in [2.45, 2.75) is 74.9 Å². The lowest BCUT2D eigenvalue weighted by Crippen LogP contribution is -2.43. The Morgan fingerprint density at radius 2 is 1.68 bits per heavy atom. The van der Waals surface area contributed by atoms with Gasteiger partial charge in [0, 0.05) is 92.2 Å². The number of benzene rings is 2. The molecular weight excluding hydrogens is 626 g/mol. The van der Waals surface area contributed by atoms with Crippen LogP contribution in [-0.2, 0) is 34.1 Å². The SMILES string of the molecule is O=C(Cc1n[nH]c2c1CN(S(=O)(=O)c1cc(F)cc(F)c1)CC2)c1ccc(N2CCC(N3CCCC3)CC2)cc1NC1CCOCC1. The third-order valence-electron chi connectivity index (χ3n) is 10.2. The van der Waals surface area contributed by atoms with Gasteiger partial charge in [-0.15, -0.1) is 0 Å². The van der Waals surface area contributed by atoms with E-state index in [4.69, 9.17) is 4.74 Å². The second-order valence-corrected chi connectivity index (χ2v) is 15.1. The molecule has 10 nitrogen and oxygen atoms in total. The first-order chi connectivity index (χ1) is 22.7. The topological polar surface area (TPSA) is 111 Å². The van der Waals surface area contributed by atoms with E-state index in [9.17, 15) is 22.0 Å². The molecule has 3 fully saturated rings. The first kappa shape index (κ1) is 32.2. The average molecular weight is 669 g/mol. The van der Waals surface area contributed by atoms with Crippen LogP contribution >= 0.6 is 0 Å². The summed E-state index contributed by atoms with van der Waals surface area (Å²) in [6.07, 6.45) is 6.89. The van der Waals surface area contributed by atoms with E-state index in [-0.39, 0.29) is 31.3 Å². The molecule has 1 aromatic heterocycles. The molecule has 0 radical (unpaired) electrons. The molecule has 3 saturated heterocycles. The molecule has 47 heavy (non-hydrogen) atoms. The number of ether oxygens (including phenoxy) is 1. The van der Waals surface area contributed by atoms with Crippen LogP contribution in [0.2, 0.25) is 0 Å². The maximum atomic E-state index is 14.0. The largest absolute Gasteiger partial charge is 0.381 e. The van der Waals surface area contributed by atoms with E-state index in [1.807, 2.05) is 12.1 Å². The minimum atomic E-state index is -4.17. The van der Waals surface area contributed by atoms with Crippen molar-refractivity contribution in [3.63, 3.8) is 0 Å². The number of carbonyl (C=O) groups is 1. The Kier molecular flexibility index (Phi) is 9.32. The molecule has 0 bridgehead atoms. The van der Waals surface area contributed by atoms with Gasteiger partial charge in [0.2, 0.25) is 10.0 Å². The molecule has 0 saturated carbocycles. The number of aromatic amines is 1. The van der Waals surface area contributed by atoms with Crippen molar-refractivity contribution >= 4 is 27.2 Å². The summed E-state index contributed by atoms with van der Waals surface area (Å²) < 4.78 is 61.2. The fraction of sp³-hybridized carbons (Fsp3) is 0.529. The number of halogens is 2. The van der Waals surface area contributed by atoms with Gasteiger partial charge in [0.15, 0.2) is 5.78 Å². The predicted octanol–water partition coefficient (Wildman–Crippen LogP) is 4.52. The van der Waals surface area contributed by atoms with E-state index in [0.717, 1.165) is 68.0 Å². The second kappa shape index (κ2) is 13.6. The fourth-order valence-corrected chi connectivity index (χ4v) is 8.96. The molecule has 0 spiro atoms. The number of anilines is 2. The average Bonchev–Trinajstić information content (AvgIpc) is 3.76. The number of hydrogen-bond donors (Lipinski definition) is 2. The number of sulfonamides is 1. The third kappa shape index (κ3) is 6.94. The monoisotopic (exact) mass is 668 g/mol. The van der Waals surface area contributed by atoms with Crippen LogP contribution in [0.5, 0.6) is 0 Å². The standard InChI is InChI=1S/C34H42F2N6O4S/c35-23-17-24(36)19-28(18-23)47(44,45)42-14-7-31-30(22-42)33(39-38-31)21-34(43)29-4-3-27(20-32(29)37-25-8-15-46-16-9-25)41-12-5-26(6-13-41)40-10-1-2-11-40/h3-4,17-20,25-26,37H,1-2,5-16,21-22H2,(H,38,39). The second-order valence-electron chi connectivity index (χ2n) is 13.1. The number of H-pyrrole nitrogens is 1. The summed E-state index contributed by atoms with van der Waals surface area (Å²) in [4.78, 5) is 18.6. The van der Waals surface area contributed by atoms with Gasteiger partial charge in [0.05, 0.1) is 17.0 Å². The van der Waals surface area contributed by atoms with Crippen LogP contribution in [0.15, 0.2) is 41.3 Å². The maximum absolute atomic E-state index is 14.0. The minimum Gasteiger partial charge on any atom is -0.381 e. The smallest absolute Gasteiger partial charge is 0.243 e. The van der Waals surface area contributed by atoms with Crippen molar-refractivity contribution < 1.29 is 26.7 Å². The van der Waals surface area contributed by atoms with Crippen molar-refractivity contribution in [1.29, 1.82) is 0 Å². The van der Waals surface area contributed by atoms with Gasteiger partial charge in [-0.3, -0.25) is 9.89 Å². The first-order valence-electron chi connectivity index (χ1n) is 16.8. The molecule has 0 unspecified atom stereocenters. The molecule has 4 aliphatic heterocycles. The molecule has 4 aliphatic rings. The van der Waals surface area contributed by atoms with Crippen LogP contribution in [0.25, 0.3) is 0 Å². The highest BCUT2D eigenvalue weighted by Crippen LogP contribution is 2.32. The number of fused-ring (bicyclic) bond motifs is 1. The number of ketones is 1. The van der Waals surface area contributed by atoms with Crippen LogP contribution in [-0.4, -0.2) is 91.6 Å². The Morgan fingerprint density at radius 1 is 0.957 bits per heavy atom. The molecule has 3 aromatic rings. The number of Topliss-reactive ketones (excluding diaryl/α,β-unsaturated/α-hetero) is 1. The lowest BCUT2D eigenvalue weighted by molar-refractivity contribution is 0.0904. The van der Waals surface area contributed by atoms with E-state index in [0.29, 0.717) is 48.6 Å². The Labute approximate surface area is 274 Å². The molecule has 7 rings (SSSR count). The van der Waals surface area contributed by atoms with Gasteiger partial charge in [-0.1, -0.05) is 0 Å². The first-order valence-corrected chi connectivity index (χ1v) is 18.2. The Hall–Kier alpha value is -3.39. The third-order valence-corrected chi connectivity index (χ3v) is 12.0. The van der Waals surface area contributed by atoms with Crippen LogP contribution < -0.4 is 10.2 Å². The number of carbonyl (C=O) groups excluding carboxylic acids is 1. The Bertz CT molecular complexity index is 1690. The molecule has 0 amide bonds. The van der Waals surface area contributed by atoms with Gasteiger partial charge in [-0.2, -0.15) is 9.40 Å². The highest BCUT2D eigenvalue weighted by Gasteiger charge is 2.33. The van der Waals surface area contributed by atoms with Crippen molar-refractivity contribution in [1.82, 2.24) is 19.4 Å². The van der Waals surface area contributed by atoms with Crippen LogP contribution in [0.3, 0.4) is 0 Å². The molecule has 5 heterocycles. The molecule has 252 valence electrons. The van der Waals surface area contributed by atoms with Gasteiger partial charge in [0.1, 0.15) is 11.6 Å². The number of hydrogen-bond acceptors (Lipinski definition) is 8. The van der Waals surface area contributed by atoms with Crippen LogP contribution in [0, 0.1) is 11.6 Å². The number of rotatable bonds is 9. The molecule has 2 aromatic carbocycles. The number of nitrogens with one attached hydrogen (secondary N) is 2. The Balaban J connectivity index is 1.10. The molecule has 0 atom stereocenters. The number of piperidine rings is 1.